The maximum atomic E-state index is 11.6. The summed E-state index contributed by atoms with van der Waals surface area (Å²) in [4.78, 5) is 11.6. The Bertz CT molecular complexity index is 611. The lowest BCUT2D eigenvalue weighted by Gasteiger charge is -2.11. The summed E-state index contributed by atoms with van der Waals surface area (Å²) in [5.41, 5.74) is 2.30. The average Bonchev–Trinajstić information content (AvgIpc) is 2.52. The zero-order valence-electron chi connectivity index (χ0n) is 13.0. The Morgan fingerprint density at radius 3 is 2.55 bits per heavy atom. The molecule has 0 saturated heterocycles. The second kappa shape index (κ2) is 8.08. The van der Waals surface area contributed by atoms with Crippen molar-refractivity contribution in [1.29, 1.82) is 0 Å². The molecule has 0 radical (unpaired) electrons. The molecule has 0 aliphatic rings. The van der Waals surface area contributed by atoms with Crippen molar-refractivity contribution in [2.24, 2.45) is 0 Å². The number of nitrogens with one attached hydrogen (secondary N) is 1. The number of hydrogen-bond donors (Lipinski definition) is 1. The predicted octanol–water partition coefficient (Wildman–Crippen LogP) is 2.88. The quantitative estimate of drug-likeness (QED) is 0.800. The second-order valence-corrected chi connectivity index (χ2v) is 5.07. The Morgan fingerprint density at radius 2 is 1.82 bits per heavy atom. The summed E-state index contributed by atoms with van der Waals surface area (Å²) in [6, 6.07) is 15.3. The molecule has 2 aromatic rings. The fraction of sp³-hybridized carbons (Fsp3) is 0.278. The molecule has 2 rings (SSSR count). The van der Waals surface area contributed by atoms with Crippen molar-refractivity contribution in [3.8, 4) is 11.5 Å². The zero-order chi connectivity index (χ0) is 15.8. The van der Waals surface area contributed by atoms with Crippen LogP contribution in [-0.2, 0) is 4.79 Å². The van der Waals surface area contributed by atoms with Crippen LogP contribution in [0.4, 0.5) is 0 Å². The van der Waals surface area contributed by atoms with Gasteiger partial charge in [-0.25, -0.2) is 0 Å². The van der Waals surface area contributed by atoms with Gasteiger partial charge in [0.15, 0.2) is 6.61 Å². The van der Waals surface area contributed by atoms with Gasteiger partial charge in [-0.3, -0.25) is 4.79 Å². The Morgan fingerprint density at radius 1 is 1.05 bits per heavy atom. The van der Waals surface area contributed by atoms with Crippen LogP contribution in [0.1, 0.15) is 11.1 Å². The van der Waals surface area contributed by atoms with Gasteiger partial charge in [-0.15, -0.1) is 0 Å². The van der Waals surface area contributed by atoms with Crippen LogP contribution in [0.3, 0.4) is 0 Å². The molecule has 0 atom stereocenters. The van der Waals surface area contributed by atoms with Crippen LogP contribution in [0.25, 0.3) is 0 Å². The minimum atomic E-state index is -0.159. The van der Waals surface area contributed by atoms with E-state index in [0.29, 0.717) is 18.9 Å². The fourth-order valence-corrected chi connectivity index (χ4v) is 2.03. The third-order valence-corrected chi connectivity index (χ3v) is 3.13. The molecular formula is C18H21NO3. The highest BCUT2D eigenvalue weighted by molar-refractivity contribution is 5.77. The first-order valence-electron chi connectivity index (χ1n) is 7.30. The molecule has 22 heavy (non-hydrogen) atoms. The van der Waals surface area contributed by atoms with Crippen molar-refractivity contribution in [1.82, 2.24) is 5.32 Å². The van der Waals surface area contributed by atoms with Crippen LogP contribution in [0.5, 0.6) is 11.5 Å². The molecule has 0 aliphatic heterocycles. The van der Waals surface area contributed by atoms with Crippen LogP contribution in [-0.4, -0.2) is 25.7 Å². The molecule has 4 heteroatoms. The van der Waals surface area contributed by atoms with E-state index in [2.05, 4.69) is 11.4 Å². The molecule has 116 valence electrons. The summed E-state index contributed by atoms with van der Waals surface area (Å²) in [5.74, 6) is 1.37. The molecule has 0 saturated carbocycles. The van der Waals surface area contributed by atoms with Crippen LogP contribution >= 0.6 is 0 Å². The van der Waals surface area contributed by atoms with Gasteiger partial charge in [0, 0.05) is 0 Å². The average molecular weight is 299 g/mol. The largest absolute Gasteiger partial charge is 0.491 e. The molecule has 0 spiro atoms. The highest BCUT2D eigenvalue weighted by atomic mass is 16.5. The topological polar surface area (TPSA) is 47.6 Å². The third-order valence-electron chi connectivity index (χ3n) is 3.13. The molecule has 4 nitrogen and oxygen atoms in total. The van der Waals surface area contributed by atoms with E-state index in [1.54, 1.807) is 0 Å². The van der Waals surface area contributed by atoms with Gasteiger partial charge in [-0.2, -0.15) is 0 Å². The summed E-state index contributed by atoms with van der Waals surface area (Å²) in [5, 5.41) is 2.77. The first-order chi connectivity index (χ1) is 10.6. The maximum Gasteiger partial charge on any atom is 0.258 e. The number of benzene rings is 2. The Balaban J connectivity index is 1.65. The number of hydrogen-bond acceptors (Lipinski definition) is 3. The van der Waals surface area contributed by atoms with Gasteiger partial charge in [-0.1, -0.05) is 35.9 Å². The predicted molar refractivity (Wildman–Crippen MR) is 86.4 cm³/mol. The second-order valence-electron chi connectivity index (χ2n) is 5.07. The number of carbonyl (C=O) groups is 1. The van der Waals surface area contributed by atoms with Crippen LogP contribution < -0.4 is 14.8 Å². The maximum absolute atomic E-state index is 11.6. The normalized spacial score (nSPS) is 10.1. The number of aryl methyl sites for hydroxylation is 2. The molecular weight excluding hydrogens is 278 g/mol. The lowest BCUT2D eigenvalue weighted by atomic mass is 10.1. The van der Waals surface area contributed by atoms with Gasteiger partial charge >= 0.3 is 0 Å². The standard InChI is InChI=1S/C18H21NO3/c1-14-8-9-17(15(2)12-14)21-11-10-19-18(20)13-22-16-6-4-3-5-7-16/h3-9,12H,10-11,13H2,1-2H3,(H,19,20). The minimum absolute atomic E-state index is 0.00751. The van der Waals surface area contributed by atoms with E-state index in [1.807, 2.05) is 56.3 Å². The van der Waals surface area contributed by atoms with Gasteiger partial charge in [0.1, 0.15) is 18.1 Å². The van der Waals surface area contributed by atoms with E-state index >= 15 is 0 Å². The summed E-state index contributed by atoms with van der Waals surface area (Å²) < 4.78 is 11.0. The third kappa shape index (κ3) is 5.13. The summed E-state index contributed by atoms with van der Waals surface area (Å²) in [6.07, 6.45) is 0. The molecule has 0 heterocycles. The molecule has 0 bridgehead atoms. The Labute approximate surface area is 131 Å². The van der Waals surface area contributed by atoms with E-state index in [-0.39, 0.29) is 12.5 Å². The Kier molecular flexibility index (Phi) is 5.83. The molecule has 2 aromatic carbocycles. The van der Waals surface area contributed by atoms with Gasteiger partial charge in [0.25, 0.3) is 5.91 Å². The van der Waals surface area contributed by atoms with Crippen molar-refractivity contribution in [3.63, 3.8) is 0 Å². The summed E-state index contributed by atoms with van der Waals surface area (Å²) in [6.45, 7) is 4.94. The Hall–Kier alpha value is -2.49. The number of ether oxygens (including phenoxy) is 2. The van der Waals surface area contributed by atoms with Crippen molar-refractivity contribution in [2.75, 3.05) is 19.8 Å². The smallest absolute Gasteiger partial charge is 0.258 e. The molecule has 1 amide bonds. The van der Waals surface area contributed by atoms with Crippen LogP contribution in [0.2, 0.25) is 0 Å². The zero-order valence-corrected chi connectivity index (χ0v) is 13.0. The SMILES string of the molecule is Cc1ccc(OCCNC(=O)COc2ccccc2)c(C)c1. The molecule has 0 unspecified atom stereocenters. The number of amides is 1. The number of carbonyl (C=O) groups excluding carboxylic acids is 1. The highest BCUT2D eigenvalue weighted by Crippen LogP contribution is 2.18. The molecule has 1 N–H and O–H groups in total. The lowest BCUT2D eigenvalue weighted by Crippen LogP contribution is -2.32. The van der Waals surface area contributed by atoms with E-state index in [4.69, 9.17) is 9.47 Å². The summed E-state index contributed by atoms with van der Waals surface area (Å²) in [7, 11) is 0. The molecule has 0 fully saturated rings. The van der Waals surface area contributed by atoms with Crippen LogP contribution in [0, 0.1) is 13.8 Å². The summed E-state index contributed by atoms with van der Waals surface area (Å²) >= 11 is 0. The number of rotatable bonds is 7. The number of para-hydroxylation sites is 1. The van der Waals surface area contributed by atoms with E-state index < -0.39 is 0 Å². The van der Waals surface area contributed by atoms with Crippen molar-refractivity contribution >= 4 is 5.91 Å². The van der Waals surface area contributed by atoms with Crippen molar-refractivity contribution in [3.05, 3.63) is 59.7 Å². The van der Waals surface area contributed by atoms with Crippen LogP contribution in [0.15, 0.2) is 48.5 Å². The molecule has 0 aliphatic carbocycles. The van der Waals surface area contributed by atoms with Gasteiger partial charge < -0.3 is 14.8 Å². The van der Waals surface area contributed by atoms with E-state index in [0.717, 1.165) is 11.3 Å². The molecule has 0 aromatic heterocycles. The van der Waals surface area contributed by atoms with Gasteiger partial charge in [0.2, 0.25) is 0 Å². The van der Waals surface area contributed by atoms with Crippen molar-refractivity contribution in [2.45, 2.75) is 13.8 Å². The minimum Gasteiger partial charge on any atom is -0.491 e. The van der Waals surface area contributed by atoms with E-state index in [1.165, 1.54) is 5.56 Å². The van der Waals surface area contributed by atoms with E-state index in [9.17, 15) is 4.79 Å². The monoisotopic (exact) mass is 299 g/mol. The van der Waals surface area contributed by atoms with Gasteiger partial charge in [0.05, 0.1) is 6.54 Å². The first kappa shape index (κ1) is 15.9. The first-order valence-corrected chi connectivity index (χ1v) is 7.30. The van der Waals surface area contributed by atoms with Crippen molar-refractivity contribution < 1.29 is 14.3 Å². The van der Waals surface area contributed by atoms with Gasteiger partial charge in [-0.05, 0) is 37.6 Å². The highest BCUT2D eigenvalue weighted by Gasteiger charge is 2.03. The lowest BCUT2D eigenvalue weighted by molar-refractivity contribution is -0.123. The fourth-order valence-electron chi connectivity index (χ4n) is 2.03.